The van der Waals surface area contributed by atoms with Gasteiger partial charge in [0.25, 0.3) is 0 Å². The minimum atomic E-state index is 0. The van der Waals surface area contributed by atoms with E-state index < -0.39 is 0 Å². The second-order valence-electron chi connectivity index (χ2n) is 6.01. The topological polar surface area (TPSA) is 75.3 Å². The van der Waals surface area contributed by atoms with Gasteiger partial charge in [-0.3, -0.25) is 4.99 Å². The molecule has 0 unspecified atom stereocenters. The van der Waals surface area contributed by atoms with E-state index in [1.54, 1.807) is 24.6 Å². The van der Waals surface area contributed by atoms with Crippen LogP contribution < -0.4 is 10.6 Å². The molecule has 0 amide bonds. The second-order valence-corrected chi connectivity index (χ2v) is 7.29. The zero-order valence-electron chi connectivity index (χ0n) is 15.9. The minimum absolute atomic E-state index is 0. The molecule has 1 aromatic carbocycles. The number of hydrogen-bond acceptors (Lipinski definition) is 5. The van der Waals surface area contributed by atoms with Gasteiger partial charge in [0.05, 0.1) is 30.0 Å². The highest BCUT2D eigenvalue weighted by molar-refractivity contribution is 14.0. The van der Waals surface area contributed by atoms with Gasteiger partial charge in [0.15, 0.2) is 11.7 Å². The highest BCUT2D eigenvalue weighted by Gasteiger charge is 2.09. The maximum absolute atomic E-state index is 5.83. The van der Waals surface area contributed by atoms with E-state index in [0.29, 0.717) is 24.9 Å². The molecule has 0 saturated heterocycles. The van der Waals surface area contributed by atoms with Crippen molar-refractivity contribution in [1.82, 2.24) is 20.6 Å². The van der Waals surface area contributed by atoms with Gasteiger partial charge >= 0.3 is 0 Å². The number of aryl methyl sites for hydroxylation is 3. The molecule has 0 aliphatic carbocycles. The number of rotatable bonds is 5. The van der Waals surface area contributed by atoms with Crippen LogP contribution in [0.15, 0.2) is 39.9 Å². The highest BCUT2D eigenvalue weighted by atomic mass is 127. The molecule has 144 valence electrons. The number of nitrogens with zero attached hydrogens (tertiary/aromatic N) is 3. The number of hydrogen-bond donors (Lipinski definition) is 2. The Kier molecular flexibility index (Phi) is 7.78. The standard InChI is InChI=1S/C19H23N5OS.HI/c1-12-5-7-15(8-6-12)16-9-21-18(25-16)11-23-19(20-4)22-10-17-13(2)24-14(3)26-17;/h5-9H,10-11H2,1-4H3,(H2,20,22,23);1H. The maximum atomic E-state index is 5.83. The van der Waals surface area contributed by atoms with E-state index in [9.17, 15) is 0 Å². The first kappa shape index (κ1) is 21.4. The molecule has 3 aromatic rings. The predicted octanol–water partition coefficient (Wildman–Crippen LogP) is 4.21. The third-order valence-electron chi connectivity index (χ3n) is 3.94. The monoisotopic (exact) mass is 497 g/mol. The quantitative estimate of drug-likeness (QED) is 0.314. The summed E-state index contributed by atoms with van der Waals surface area (Å²) in [7, 11) is 1.74. The number of oxazole rings is 1. The summed E-state index contributed by atoms with van der Waals surface area (Å²) >= 11 is 1.70. The van der Waals surface area contributed by atoms with Crippen LogP contribution in [0.2, 0.25) is 0 Å². The fourth-order valence-corrected chi connectivity index (χ4v) is 3.40. The Bertz CT molecular complexity index is 901. The van der Waals surface area contributed by atoms with Crippen molar-refractivity contribution in [3.8, 4) is 11.3 Å². The molecule has 0 fully saturated rings. The van der Waals surface area contributed by atoms with E-state index in [1.165, 1.54) is 10.4 Å². The zero-order chi connectivity index (χ0) is 18.5. The summed E-state index contributed by atoms with van der Waals surface area (Å²) in [4.78, 5) is 14.2. The van der Waals surface area contributed by atoms with Gasteiger partial charge in [-0.2, -0.15) is 0 Å². The first-order valence-corrected chi connectivity index (χ1v) is 9.26. The SMILES string of the molecule is CN=C(NCc1ncc(-c2ccc(C)cc2)o1)NCc1sc(C)nc1C.I. The second kappa shape index (κ2) is 9.84. The fraction of sp³-hybridized carbons (Fsp3) is 0.316. The molecule has 8 heteroatoms. The molecule has 0 radical (unpaired) electrons. The van der Waals surface area contributed by atoms with Gasteiger partial charge in [-0.25, -0.2) is 9.97 Å². The van der Waals surface area contributed by atoms with Crippen molar-refractivity contribution >= 4 is 41.3 Å². The van der Waals surface area contributed by atoms with E-state index in [-0.39, 0.29) is 24.0 Å². The normalized spacial score (nSPS) is 11.2. The number of thiazole rings is 1. The first-order valence-electron chi connectivity index (χ1n) is 8.44. The van der Waals surface area contributed by atoms with Crippen LogP contribution in [0.1, 0.15) is 27.0 Å². The molecular formula is C19H24IN5OS. The van der Waals surface area contributed by atoms with Crippen molar-refractivity contribution in [3.63, 3.8) is 0 Å². The fourth-order valence-electron chi connectivity index (χ4n) is 2.52. The maximum Gasteiger partial charge on any atom is 0.214 e. The Labute approximate surface area is 180 Å². The molecule has 0 atom stereocenters. The zero-order valence-corrected chi connectivity index (χ0v) is 19.0. The van der Waals surface area contributed by atoms with Crippen LogP contribution in [0.25, 0.3) is 11.3 Å². The lowest BCUT2D eigenvalue weighted by molar-refractivity contribution is 0.497. The Morgan fingerprint density at radius 1 is 1.11 bits per heavy atom. The summed E-state index contributed by atoms with van der Waals surface area (Å²) in [5, 5.41) is 7.59. The lowest BCUT2D eigenvalue weighted by Crippen LogP contribution is -2.36. The van der Waals surface area contributed by atoms with Crippen molar-refractivity contribution < 1.29 is 4.42 Å². The summed E-state index contributed by atoms with van der Waals surface area (Å²) in [6.07, 6.45) is 1.75. The average molecular weight is 497 g/mol. The lowest BCUT2D eigenvalue weighted by Gasteiger charge is -2.09. The summed E-state index contributed by atoms with van der Waals surface area (Å²) in [6.45, 7) is 7.26. The van der Waals surface area contributed by atoms with Crippen molar-refractivity contribution in [2.45, 2.75) is 33.9 Å². The number of benzene rings is 1. The molecule has 2 N–H and O–H groups in total. The number of nitrogens with one attached hydrogen (secondary N) is 2. The van der Waals surface area contributed by atoms with Crippen LogP contribution >= 0.6 is 35.3 Å². The molecule has 2 aromatic heterocycles. The van der Waals surface area contributed by atoms with E-state index in [0.717, 1.165) is 22.0 Å². The van der Waals surface area contributed by atoms with Gasteiger partial charge in [-0.15, -0.1) is 35.3 Å². The van der Waals surface area contributed by atoms with Crippen LogP contribution in [-0.2, 0) is 13.1 Å². The van der Waals surface area contributed by atoms with Crippen LogP contribution in [0.4, 0.5) is 0 Å². The Morgan fingerprint density at radius 2 is 1.81 bits per heavy atom. The number of halogens is 1. The third-order valence-corrected chi connectivity index (χ3v) is 5.01. The van der Waals surface area contributed by atoms with Gasteiger partial charge in [0.1, 0.15) is 0 Å². The van der Waals surface area contributed by atoms with Crippen molar-refractivity contribution in [3.05, 3.63) is 57.5 Å². The molecule has 6 nitrogen and oxygen atoms in total. The summed E-state index contributed by atoms with van der Waals surface area (Å²) in [6, 6.07) is 8.19. The Hall–Kier alpha value is -1.94. The van der Waals surface area contributed by atoms with Crippen molar-refractivity contribution in [1.29, 1.82) is 0 Å². The molecule has 27 heavy (non-hydrogen) atoms. The predicted molar refractivity (Wildman–Crippen MR) is 121 cm³/mol. The lowest BCUT2D eigenvalue weighted by atomic mass is 10.1. The molecular weight excluding hydrogens is 473 g/mol. The molecule has 2 heterocycles. The van der Waals surface area contributed by atoms with E-state index in [1.807, 2.05) is 26.0 Å². The van der Waals surface area contributed by atoms with Crippen LogP contribution in [-0.4, -0.2) is 23.0 Å². The summed E-state index contributed by atoms with van der Waals surface area (Å²) in [5.41, 5.74) is 3.30. The van der Waals surface area contributed by atoms with Crippen molar-refractivity contribution in [2.75, 3.05) is 7.05 Å². The van der Waals surface area contributed by atoms with Gasteiger partial charge in [0, 0.05) is 17.5 Å². The van der Waals surface area contributed by atoms with Crippen LogP contribution in [0.3, 0.4) is 0 Å². The molecule has 0 bridgehead atoms. The smallest absolute Gasteiger partial charge is 0.214 e. The number of guanidine groups is 1. The highest BCUT2D eigenvalue weighted by Crippen LogP contribution is 2.20. The van der Waals surface area contributed by atoms with Gasteiger partial charge in [-0.05, 0) is 20.8 Å². The molecule has 0 aliphatic heterocycles. The Balaban J connectivity index is 0.00000261. The molecule has 0 spiro atoms. The van der Waals surface area contributed by atoms with Crippen LogP contribution in [0, 0.1) is 20.8 Å². The van der Waals surface area contributed by atoms with Crippen molar-refractivity contribution in [2.24, 2.45) is 4.99 Å². The van der Waals surface area contributed by atoms with Gasteiger partial charge in [0.2, 0.25) is 5.89 Å². The number of aliphatic imine (C=N–C) groups is 1. The Morgan fingerprint density at radius 3 is 2.44 bits per heavy atom. The molecule has 3 rings (SSSR count). The van der Waals surface area contributed by atoms with Gasteiger partial charge < -0.3 is 15.1 Å². The molecule has 0 saturated carbocycles. The van der Waals surface area contributed by atoms with E-state index in [4.69, 9.17) is 4.42 Å². The number of aromatic nitrogens is 2. The minimum Gasteiger partial charge on any atom is -0.439 e. The van der Waals surface area contributed by atoms with E-state index >= 15 is 0 Å². The van der Waals surface area contributed by atoms with Crippen LogP contribution in [0.5, 0.6) is 0 Å². The first-order chi connectivity index (χ1) is 12.5. The largest absolute Gasteiger partial charge is 0.439 e. The summed E-state index contributed by atoms with van der Waals surface area (Å²) < 4.78 is 5.83. The average Bonchev–Trinajstić information content (AvgIpc) is 3.22. The van der Waals surface area contributed by atoms with Gasteiger partial charge in [-0.1, -0.05) is 29.8 Å². The third kappa shape index (κ3) is 5.77. The van der Waals surface area contributed by atoms with E-state index in [2.05, 4.69) is 44.7 Å². The molecule has 0 aliphatic rings. The summed E-state index contributed by atoms with van der Waals surface area (Å²) in [5.74, 6) is 2.08.